The molecule has 8 heteroatoms. The van der Waals surface area contributed by atoms with E-state index in [2.05, 4.69) is 30.4 Å². The third-order valence-electron chi connectivity index (χ3n) is 2.92. The largest absolute Gasteiger partial charge is 0.481 e. The van der Waals surface area contributed by atoms with Crippen molar-refractivity contribution >= 4 is 18.6 Å². The van der Waals surface area contributed by atoms with Crippen LogP contribution in [-0.2, 0) is 4.79 Å². The minimum absolute atomic E-state index is 0.0289. The van der Waals surface area contributed by atoms with E-state index in [0.717, 1.165) is 25.7 Å². The summed E-state index contributed by atoms with van der Waals surface area (Å²) in [5.41, 5.74) is 0. The van der Waals surface area contributed by atoms with Gasteiger partial charge in [-0.2, -0.15) is 0 Å². The molecule has 0 aromatic carbocycles. The third kappa shape index (κ3) is 3.87. The molecule has 0 amide bonds. The summed E-state index contributed by atoms with van der Waals surface area (Å²) in [6.45, 7) is 0. The number of carboxylic acids is 1. The molecule has 2 aliphatic heterocycles. The van der Waals surface area contributed by atoms with Crippen molar-refractivity contribution in [3.63, 3.8) is 0 Å². The van der Waals surface area contributed by atoms with E-state index in [1.54, 1.807) is 0 Å². The van der Waals surface area contributed by atoms with Crippen LogP contribution in [0, 0.1) is 5.92 Å². The molecule has 1 saturated carbocycles. The molecule has 0 atom stereocenters. The lowest BCUT2D eigenvalue weighted by atomic mass is 9.90. The molecular weight excluding hydrogens is 248 g/mol. The average Bonchev–Trinajstić information content (AvgIpc) is 3.13. The first-order valence-electron chi connectivity index (χ1n) is 6.11. The second-order valence-corrected chi connectivity index (χ2v) is 4.24. The maximum atomic E-state index is 10.4. The number of rotatable bonds is 1. The highest BCUT2D eigenvalue weighted by molar-refractivity contribution is 5.69. The predicted molar refractivity (Wildman–Crippen MR) is 67.9 cm³/mol. The van der Waals surface area contributed by atoms with Crippen LogP contribution in [0.2, 0.25) is 0 Å². The van der Waals surface area contributed by atoms with Gasteiger partial charge in [0, 0.05) is 0 Å². The maximum absolute atomic E-state index is 10.4. The van der Waals surface area contributed by atoms with Gasteiger partial charge in [0.2, 0.25) is 11.6 Å². The minimum Gasteiger partial charge on any atom is -0.481 e. The number of aliphatic imine (C=N–C) groups is 2. The molecule has 0 aromatic rings. The van der Waals surface area contributed by atoms with E-state index < -0.39 is 5.97 Å². The van der Waals surface area contributed by atoms with Crippen molar-refractivity contribution in [3.8, 4) is 0 Å². The Bertz CT molecular complexity index is 427. The molecule has 0 saturated heterocycles. The van der Waals surface area contributed by atoms with Gasteiger partial charge in [0.25, 0.3) is 0 Å². The van der Waals surface area contributed by atoms with E-state index in [-0.39, 0.29) is 5.92 Å². The van der Waals surface area contributed by atoms with Gasteiger partial charge in [-0.05, 0) is 12.8 Å². The molecule has 1 fully saturated rings. The van der Waals surface area contributed by atoms with Gasteiger partial charge in [-0.1, -0.05) is 19.3 Å². The Kier molecular flexibility index (Phi) is 4.60. The van der Waals surface area contributed by atoms with Crippen molar-refractivity contribution < 1.29 is 9.90 Å². The van der Waals surface area contributed by atoms with Crippen LogP contribution in [-0.4, -0.2) is 23.8 Å². The Balaban J connectivity index is 0.000000141. The van der Waals surface area contributed by atoms with Crippen molar-refractivity contribution in [1.82, 2.24) is 0 Å². The standard InChI is InChI=1S/C7H12O2.C4H2N6/c8-7(9)6-4-2-1-3-5-6;1-5-3(9-7-1)4-6-2-8-10-4/h6H,1-5H2,(H,8,9);1-2H. The highest BCUT2D eigenvalue weighted by Crippen LogP contribution is 2.23. The number of carboxylic acid groups (broad SMARTS) is 1. The van der Waals surface area contributed by atoms with Crippen LogP contribution in [0.1, 0.15) is 32.1 Å². The zero-order valence-electron chi connectivity index (χ0n) is 10.3. The summed E-state index contributed by atoms with van der Waals surface area (Å²) in [6.07, 6.45) is 7.92. The number of carbonyl (C=O) groups is 1. The number of hydrogen-bond donors (Lipinski definition) is 1. The molecule has 0 unspecified atom stereocenters. The van der Waals surface area contributed by atoms with Crippen LogP contribution in [0.15, 0.2) is 42.1 Å². The van der Waals surface area contributed by atoms with Crippen LogP contribution in [0.5, 0.6) is 0 Å². The van der Waals surface area contributed by atoms with Crippen LogP contribution >= 0.6 is 0 Å². The van der Waals surface area contributed by atoms with E-state index in [1.807, 2.05) is 0 Å². The molecule has 1 N–H and O–H groups in total. The molecule has 1 aliphatic carbocycles. The molecular formula is C11H14N6O2. The fraction of sp³-hybridized carbons (Fsp3) is 0.545. The van der Waals surface area contributed by atoms with Crippen molar-refractivity contribution in [2.75, 3.05) is 0 Å². The molecule has 0 aromatic heterocycles. The lowest BCUT2D eigenvalue weighted by molar-refractivity contribution is -0.142. The van der Waals surface area contributed by atoms with Crippen molar-refractivity contribution in [1.29, 1.82) is 0 Å². The summed E-state index contributed by atoms with van der Waals surface area (Å²) >= 11 is 0. The molecule has 0 spiro atoms. The lowest BCUT2D eigenvalue weighted by Crippen LogP contribution is -2.16. The quantitative estimate of drug-likeness (QED) is 0.783. The normalized spacial score (nSPS) is 24.6. The Labute approximate surface area is 109 Å². The van der Waals surface area contributed by atoms with Crippen LogP contribution in [0.25, 0.3) is 0 Å². The number of aliphatic carboxylic acids is 1. The fourth-order valence-corrected chi connectivity index (χ4v) is 1.93. The zero-order valence-corrected chi connectivity index (χ0v) is 10.3. The number of hydrogen-bond acceptors (Lipinski definition) is 7. The molecule has 19 heavy (non-hydrogen) atoms. The number of azo groups is 2. The molecule has 0 bridgehead atoms. The highest BCUT2D eigenvalue weighted by Gasteiger charge is 2.19. The maximum Gasteiger partial charge on any atom is 0.306 e. The van der Waals surface area contributed by atoms with Gasteiger partial charge in [-0.25, -0.2) is 9.98 Å². The summed E-state index contributed by atoms with van der Waals surface area (Å²) in [5.74, 6) is 0.198. The summed E-state index contributed by atoms with van der Waals surface area (Å²) in [7, 11) is 0. The van der Waals surface area contributed by atoms with Gasteiger partial charge in [0.15, 0.2) is 0 Å². The Morgan fingerprint density at radius 2 is 1.53 bits per heavy atom. The minimum atomic E-state index is -0.602. The second-order valence-electron chi connectivity index (χ2n) is 4.24. The first-order chi connectivity index (χ1) is 9.27. The Hall–Kier alpha value is -2.25. The van der Waals surface area contributed by atoms with Gasteiger partial charge in [-0.3, -0.25) is 4.79 Å². The van der Waals surface area contributed by atoms with Gasteiger partial charge in [-0.15, -0.1) is 20.5 Å². The van der Waals surface area contributed by atoms with Crippen molar-refractivity contribution in [2.45, 2.75) is 32.1 Å². The molecule has 2 heterocycles. The van der Waals surface area contributed by atoms with E-state index in [0.29, 0.717) is 11.6 Å². The van der Waals surface area contributed by atoms with Crippen molar-refractivity contribution in [2.24, 2.45) is 36.4 Å². The molecule has 100 valence electrons. The molecule has 0 radical (unpaired) electrons. The lowest BCUT2D eigenvalue weighted by Gasteiger charge is -2.16. The molecule has 3 aliphatic rings. The van der Waals surface area contributed by atoms with Gasteiger partial charge in [0.1, 0.15) is 12.7 Å². The van der Waals surface area contributed by atoms with Gasteiger partial charge >= 0.3 is 5.97 Å². The Morgan fingerprint density at radius 1 is 1.00 bits per heavy atom. The van der Waals surface area contributed by atoms with E-state index >= 15 is 0 Å². The van der Waals surface area contributed by atoms with E-state index in [1.165, 1.54) is 19.1 Å². The summed E-state index contributed by atoms with van der Waals surface area (Å²) in [5, 5.41) is 22.8. The summed E-state index contributed by atoms with van der Waals surface area (Å²) in [6, 6.07) is 0. The second kappa shape index (κ2) is 6.62. The molecule has 8 nitrogen and oxygen atoms in total. The topological polar surface area (TPSA) is 111 Å². The van der Waals surface area contributed by atoms with Crippen LogP contribution in [0.3, 0.4) is 0 Å². The highest BCUT2D eigenvalue weighted by atomic mass is 16.4. The van der Waals surface area contributed by atoms with Crippen LogP contribution < -0.4 is 0 Å². The first-order valence-corrected chi connectivity index (χ1v) is 6.11. The fourth-order valence-electron chi connectivity index (χ4n) is 1.93. The number of nitrogens with zero attached hydrogens (tertiary/aromatic N) is 6. The molecule has 3 rings (SSSR count). The van der Waals surface area contributed by atoms with Gasteiger partial charge in [0.05, 0.1) is 5.92 Å². The predicted octanol–water partition coefficient (Wildman–Crippen LogP) is 2.75. The zero-order chi connectivity index (χ0) is 13.5. The monoisotopic (exact) mass is 262 g/mol. The van der Waals surface area contributed by atoms with Crippen molar-refractivity contribution in [3.05, 3.63) is 11.6 Å². The summed E-state index contributed by atoms with van der Waals surface area (Å²) < 4.78 is 0. The van der Waals surface area contributed by atoms with E-state index in [9.17, 15) is 4.79 Å². The average molecular weight is 262 g/mol. The SMILES string of the molecule is C1=NC(=C2N=CN=N2)N=N1.O=C(O)C1CCCCC1. The first kappa shape index (κ1) is 13.2. The summed E-state index contributed by atoms with van der Waals surface area (Å²) in [4.78, 5) is 17.9. The van der Waals surface area contributed by atoms with E-state index in [4.69, 9.17) is 5.11 Å². The third-order valence-corrected chi connectivity index (χ3v) is 2.92. The Morgan fingerprint density at radius 3 is 1.84 bits per heavy atom. The smallest absolute Gasteiger partial charge is 0.306 e. The van der Waals surface area contributed by atoms with Crippen LogP contribution in [0.4, 0.5) is 0 Å². The van der Waals surface area contributed by atoms with Gasteiger partial charge < -0.3 is 5.11 Å².